The molecular formula is C35H55NO19. The fourth-order valence-corrected chi connectivity index (χ4v) is 7.33. The standard InChI is InChI=1S/C35H55NO19/c1-15(2)30-28(45)31(55-35-27(44)26(43)23(40)19(12-38)53-35)25(42)21(51-30)14-49-34-29(46)32(24(41)20(13-39)52-34)54-22-10-36(9-17(11-37)50-22)18(33(47)48)8-16-6-4-3-5-7-16/h3-7,15,17-32,34-35,37-46H,8-14H2,1-2H3,(H,47,48)/t17?,18-,19?,20?,21?,22?,23?,24?,25?,26?,27?,28?,29?,30?,31?,32?,34?,35?/m0/s1. The molecule has 18 atom stereocenters. The number of aliphatic carboxylic acids is 1. The Morgan fingerprint density at radius 1 is 0.709 bits per heavy atom. The number of aliphatic hydroxyl groups is 10. The van der Waals surface area contributed by atoms with E-state index in [2.05, 4.69) is 0 Å². The van der Waals surface area contributed by atoms with Gasteiger partial charge in [-0.3, -0.25) is 9.69 Å². The highest BCUT2D eigenvalue weighted by atomic mass is 16.7. The largest absolute Gasteiger partial charge is 0.480 e. The molecule has 314 valence electrons. The highest BCUT2D eigenvalue weighted by Crippen LogP contribution is 2.33. The number of hydrogen-bond donors (Lipinski definition) is 11. The average molecular weight is 794 g/mol. The van der Waals surface area contributed by atoms with E-state index >= 15 is 0 Å². The zero-order valence-corrected chi connectivity index (χ0v) is 30.4. The molecule has 4 fully saturated rings. The molecule has 0 amide bonds. The van der Waals surface area contributed by atoms with Gasteiger partial charge in [-0.05, 0) is 17.9 Å². The Morgan fingerprint density at radius 3 is 1.95 bits per heavy atom. The van der Waals surface area contributed by atoms with Crippen molar-refractivity contribution in [2.45, 2.75) is 131 Å². The average Bonchev–Trinajstić information content (AvgIpc) is 3.17. The normalized spacial score (nSPS) is 42.3. The van der Waals surface area contributed by atoms with E-state index < -0.39 is 143 Å². The third-order valence-corrected chi connectivity index (χ3v) is 10.4. The van der Waals surface area contributed by atoms with Crippen LogP contribution in [0.4, 0.5) is 0 Å². The third-order valence-electron chi connectivity index (χ3n) is 10.4. The van der Waals surface area contributed by atoms with Crippen molar-refractivity contribution in [3.05, 3.63) is 35.9 Å². The highest BCUT2D eigenvalue weighted by molar-refractivity contribution is 5.74. The first kappa shape index (κ1) is 44.1. The molecule has 0 spiro atoms. The molecule has 0 bridgehead atoms. The number of carboxylic acids is 1. The van der Waals surface area contributed by atoms with Crippen LogP contribution >= 0.6 is 0 Å². The first-order chi connectivity index (χ1) is 26.2. The number of rotatable bonds is 15. The van der Waals surface area contributed by atoms with Crippen molar-refractivity contribution in [1.29, 1.82) is 0 Å². The van der Waals surface area contributed by atoms with Gasteiger partial charge in [-0.25, -0.2) is 0 Å². The van der Waals surface area contributed by atoms with E-state index in [0.717, 1.165) is 5.56 Å². The Balaban J connectivity index is 1.28. The molecule has 0 radical (unpaired) electrons. The lowest BCUT2D eigenvalue weighted by atomic mass is 9.89. The summed E-state index contributed by atoms with van der Waals surface area (Å²) in [5, 5.41) is 116. The Morgan fingerprint density at radius 2 is 1.33 bits per heavy atom. The molecule has 4 heterocycles. The lowest BCUT2D eigenvalue weighted by Crippen LogP contribution is -2.66. The van der Waals surface area contributed by atoms with Crippen LogP contribution in [0.15, 0.2) is 30.3 Å². The summed E-state index contributed by atoms with van der Waals surface area (Å²) in [7, 11) is 0. The molecule has 4 saturated heterocycles. The molecule has 4 aliphatic rings. The van der Waals surface area contributed by atoms with E-state index in [-0.39, 0.29) is 25.4 Å². The van der Waals surface area contributed by atoms with Gasteiger partial charge in [-0.1, -0.05) is 44.2 Å². The van der Waals surface area contributed by atoms with Crippen molar-refractivity contribution in [2.24, 2.45) is 5.92 Å². The number of carbonyl (C=O) groups is 1. The lowest BCUT2D eigenvalue weighted by molar-refractivity contribution is -0.354. The minimum absolute atomic E-state index is 0.0426. The predicted octanol–water partition coefficient (Wildman–Crippen LogP) is -5.13. The minimum atomic E-state index is -1.83. The van der Waals surface area contributed by atoms with E-state index in [1.165, 1.54) is 0 Å². The first-order valence-electron chi connectivity index (χ1n) is 18.3. The first-order valence-corrected chi connectivity index (χ1v) is 18.3. The van der Waals surface area contributed by atoms with Crippen LogP contribution in [0.25, 0.3) is 0 Å². The van der Waals surface area contributed by atoms with Crippen LogP contribution in [0, 0.1) is 5.92 Å². The molecular weight excluding hydrogens is 738 g/mol. The Bertz CT molecular complexity index is 1330. The lowest BCUT2D eigenvalue weighted by Gasteiger charge is -2.48. The number of benzene rings is 1. The van der Waals surface area contributed by atoms with Crippen molar-refractivity contribution in [3.8, 4) is 0 Å². The molecule has 17 unspecified atom stereocenters. The van der Waals surface area contributed by atoms with Gasteiger partial charge in [-0.2, -0.15) is 0 Å². The second kappa shape index (κ2) is 19.6. The molecule has 11 N–H and O–H groups in total. The number of hydrogen-bond acceptors (Lipinski definition) is 19. The number of ether oxygens (including phenoxy) is 7. The van der Waals surface area contributed by atoms with Gasteiger partial charge in [0.15, 0.2) is 18.9 Å². The van der Waals surface area contributed by atoms with Gasteiger partial charge in [0, 0.05) is 6.54 Å². The molecule has 1 aromatic rings. The van der Waals surface area contributed by atoms with Crippen LogP contribution in [0.2, 0.25) is 0 Å². The number of aliphatic hydroxyl groups excluding tert-OH is 10. The fraction of sp³-hybridized carbons (Fsp3) is 0.800. The Labute approximate surface area is 316 Å². The molecule has 55 heavy (non-hydrogen) atoms. The topological polar surface area (TPSA) is 307 Å². The summed E-state index contributed by atoms with van der Waals surface area (Å²) in [6.07, 6.45) is -25.3. The van der Waals surface area contributed by atoms with Crippen LogP contribution in [-0.2, 0) is 44.4 Å². The minimum Gasteiger partial charge on any atom is -0.480 e. The molecule has 1 aromatic carbocycles. The van der Waals surface area contributed by atoms with Crippen molar-refractivity contribution in [1.82, 2.24) is 4.90 Å². The van der Waals surface area contributed by atoms with Gasteiger partial charge in [0.05, 0.1) is 45.2 Å². The van der Waals surface area contributed by atoms with E-state index in [4.69, 9.17) is 33.2 Å². The third kappa shape index (κ3) is 10.2. The van der Waals surface area contributed by atoms with Crippen molar-refractivity contribution in [2.75, 3.05) is 39.5 Å². The SMILES string of the molecule is CC(C)C1OC(COC2OC(CO)C(O)C(OC3CN([C@@H](Cc4ccccc4)C(=O)O)CC(CO)O3)C2O)C(O)C(OC2OC(CO)C(O)C(O)C2O)C1O. The van der Waals surface area contributed by atoms with Crippen molar-refractivity contribution >= 4 is 5.97 Å². The molecule has 0 aliphatic carbocycles. The summed E-state index contributed by atoms with van der Waals surface area (Å²) in [6.45, 7) is 0.827. The van der Waals surface area contributed by atoms with Gasteiger partial charge < -0.3 is 89.3 Å². The van der Waals surface area contributed by atoms with Gasteiger partial charge in [0.2, 0.25) is 0 Å². The van der Waals surface area contributed by atoms with Crippen LogP contribution in [0.3, 0.4) is 0 Å². The quantitative estimate of drug-likeness (QED) is 0.0791. The second-order valence-corrected chi connectivity index (χ2v) is 14.7. The maximum atomic E-state index is 12.4. The predicted molar refractivity (Wildman–Crippen MR) is 182 cm³/mol. The number of carboxylic acid groups (broad SMARTS) is 1. The maximum Gasteiger partial charge on any atom is 0.321 e. The van der Waals surface area contributed by atoms with Crippen LogP contribution in [0.5, 0.6) is 0 Å². The van der Waals surface area contributed by atoms with Crippen molar-refractivity contribution < 1.29 is 94.1 Å². The van der Waals surface area contributed by atoms with E-state index in [1.807, 2.05) is 0 Å². The molecule has 0 saturated carbocycles. The summed E-state index contributed by atoms with van der Waals surface area (Å²) >= 11 is 0. The number of morpholine rings is 1. The van der Waals surface area contributed by atoms with Crippen LogP contribution < -0.4 is 0 Å². The second-order valence-electron chi connectivity index (χ2n) is 14.7. The summed E-state index contributed by atoms with van der Waals surface area (Å²) in [5.41, 5.74) is 0.758. The van der Waals surface area contributed by atoms with E-state index in [0.29, 0.717) is 0 Å². The Hall–Kier alpha value is -2.03. The highest BCUT2D eigenvalue weighted by Gasteiger charge is 2.53. The number of nitrogens with zero attached hydrogens (tertiary/aromatic N) is 1. The maximum absolute atomic E-state index is 12.4. The summed E-state index contributed by atoms with van der Waals surface area (Å²) in [5.74, 6) is -1.50. The molecule has 20 nitrogen and oxygen atoms in total. The Kier molecular flexibility index (Phi) is 15.7. The zero-order valence-electron chi connectivity index (χ0n) is 30.4. The van der Waals surface area contributed by atoms with Crippen molar-refractivity contribution in [3.63, 3.8) is 0 Å². The van der Waals surface area contributed by atoms with Gasteiger partial charge in [-0.15, -0.1) is 0 Å². The monoisotopic (exact) mass is 793 g/mol. The van der Waals surface area contributed by atoms with E-state index in [9.17, 15) is 61.0 Å². The summed E-state index contributed by atoms with van der Waals surface area (Å²) in [6, 6.07) is 7.89. The van der Waals surface area contributed by atoms with Gasteiger partial charge in [0.1, 0.15) is 79.3 Å². The zero-order chi connectivity index (χ0) is 40.1. The van der Waals surface area contributed by atoms with Crippen LogP contribution in [0.1, 0.15) is 19.4 Å². The van der Waals surface area contributed by atoms with Gasteiger partial charge >= 0.3 is 5.97 Å². The summed E-state index contributed by atoms with van der Waals surface area (Å²) in [4.78, 5) is 13.9. The molecule has 20 heteroatoms. The molecule has 4 aliphatic heterocycles. The fourth-order valence-electron chi connectivity index (χ4n) is 7.33. The molecule has 5 rings (SSSR count). The van der Waals surface area contributed by atoms with Crippen LogP contribution in [-0.4, -0.2) is 217 Å². The van der Waals surface area contributed by atoms with Gasteiger partial charge in [0.25, 0.3) is 0 Å². The summed E-state index contributed by atoms with van der Waals surface area (Å²) < 4.78 is 40.5. The molecule has 0 aromatic heterocycles. The smallest absolute Gasteiger partial charge is 0.321 e. The van der Waals surface area contributed by atoms with E-state index in [1.54, 1.807) is 49.1 Å².